The van der Waals surface area contributed by atoms with Gasteiger partial charge in [0.05, 0.1) is 5.92 Å². The van der Waals surface area contributed by atoms with Crippen LogP contribution in [0.4, 0.5) is 5.69 Å². The molecule has 0 unspecified atom stereocenters. The zero-order valence-corrected chi connectivity index (χ0v) is 9.51. The SMILES string of the molecule is CC(=O)C[C@H]1C(=O)N(c2ccccc2)[C@H]1C. The van der Waals surface area contributed by atoms with Crippen molar-refractivity contribution in [2.45, 2.75) is 26.3 Å². The van der Waals surface area contributed by atoms with E-state index in [2.05, 4.69) is 0 Å². The summed E-state index contributed by atoms with van der Waals surface area (Å²) in [5.74, 6) is 0.0181. The molecule has 84 valence electrons. The molecule has 3 nitrogen and oxygen atoms in total. The van der Waals surface area contributed by atoms with Crippen LogP contribution in [0.2, 0.25) is 0 Å². The Labute approximate surface area is 95.1 Å². The average molecular weight is 217 g/mol. The van der Waals surface area contributed by atoms with Gasteiger partial charge in [0.25, 0.3) is 0 Å². The van der Waals surface area contributed by atoms with E-state index in [1.807, 2.05) is 37.3 Å². The first-order valence-corrected chi connectivity index (χ1v) is 5.49. The standard InChI is InChI=1S/C13H15NO2/c1-9(15)8-12-10(2)14(13(12)16)11-6-4-3-5-7-11/h3-7,10,12H,8H2,1-2H3/t10-,12+/m0/s1. The lowest BCUT2D eigenvalue weighted by Crippen LogP contribution is -2.60. The number of carbonyl (C=O) groups is 2. The quantitative estimate of drug-likeness (QED) is 0.726. The number of amides is 1. The van der Waals surface area contributed by atoms with E-state index in [9.17, 15) is 9.59 Å². The van der Waals surface area contributed by atoms with E-state index >= 15 is 0 Å². The second kappa shape index (κ2) is 4.08. The summed E-state index contributed by atoms with van der Waals surface area (Å²) < 4.78 is 0. The first kappa shape index (κ1) is 10.9. The number of carbonyl (C=O) groups excluding carboxylic acids is 2. The Morgan fingerprint density at radius 2 is 1.94 bits per heavy atom. The van der Waals surface area contributed by atoms with Crippen molar-refractivity contribution in [2.24, 2.45) is 5.92 Å². The summed E-state index contributed by atoms with van der Waals surface area (Å²) >= 11 is 0. The molecule has 2 rings (SSSR count). The molecule has 1 amide bonds. The maximum absolute atomic E-state index is 11.9. The Morgan fingerprint density at radius 3 is 2.44 bits per heavy atom. The van der Waals surface area contributed by atoms with Gasteiger partial charge in [-0.05, 0) is 26.0 Å². The molecule has 0 aromatic heterocycles. The van der Waals surface area contributed by atoms with Crippen molar-refractivity contribution < 1.29 is 9.59 Å². The summed E-state index contributed by atoms with van der Waals surface area (Å²) in [6, 6.07) is 9.70. The fourth-order valence-corrected chi connectivity index (χ4v) is 2.20. The van der Waals surface area contributed by atoms with Gasteiger partial charge in [0, 0.05) is 18.2 Å². The highest BCUT2D eigenvalue weighted by atomic mass is 16.2. The van der Waals surface area contributed by atoms with Crippen LogP contribution in [-0.2, 0) is 9.59 Å². The first-order valence-electron chi connectivity index (χ1n) is 5.49. The van der Waals surface area contributed by atoms with E-state index in [1.165, 1.54) is 6.92 Å². The largest absolute Gasteiger partial charge is 0.309 e. The molecular weight excluding hydrogens is 202 g/mol. The zero-order chi connectivity index (χ0) is 11.7. The van der Waals surface area contributed by atoms with E-state index in [0.29, 0.717) is 6.42 Å². The summed E-state index contributed by atoms with van der Waals surface area (Å²) in [6.45, 7) is 3.52. The molecule has 1 aliphatic rings. The minimum absolute atomic E-state index is 0.0638. The monoisotopic (exact) mass is 217 g/mol. The molecule has 2 atom stereocenters. The van der Waals surface area contributed by atoms with Crippen LogP contribution in [0.15, 0.2) is 30.3 Å². The van der Waals surface area contributed by atoms with Gasteiger partial charge in [-0.25, -0.2) is 0 Å². The molecule has 0 spiro atoms. The van der Waals surface area contributed by atoms with E-state index in [1.54, 1.807) is 4.90 Å². The van der Waals surface area contributed by atoms with Crippen molar-refractivity contribution in [1.29, 1.82) is 0 Å². The molecule has 1 aromatic carbocycles. The molecule has 0 aliphatic carbocycles. The minimum Gasteiger partial charge on any atom is -0.309 e. The predicted octanol–water partition coefficient (Wildman–Crippen LogP) is 2.02. The van der Waals surface area contributed by atoms with Gasteiger partial charge >= 0.3 is 0 Å². The van der Waals surface area contributed by atoms with Crippen LogP contribution < -0.4 is 4.90 Å². The Hall–Kier alpha value is -1.64. The lowest BCUT2D eigenvalue weighted by atomic mass is 9.84. The first-order chi connectivity index (χ1) is 7.61. The highest BCUT2D eigenvalue weighted by Crippen LogP contribution is 2.34. The molecule has 1 aromatic rings. The molecule has 0 radical (unpaired) electrons. The number of anilines is 1. The minimum atomic E-state index is -0.127. The average Bonchev–Trinajstić information content (AvgIpc) is 2.28. The molecule has 0 N–H and O–H groups in total. The third-order valence-corrected chi connectivity index (χ3v) is 3.09. The third kappa shape index (κ3) is 1.73. The smallest absolute Gasteiger partial charge is 0.232 e. The number of β-lactam (4-membered cyclic amide) rings is 1. The molecule has 16 heavy (non-hydrogen) atoms. The summed E-state index contributed by atoms with van der Waals surface area (Å²) in [5, 5.41) is 0. The second-order valence-corrected chi connectivity index (χ2v) is 4.30. The van der Waals surface area contributed by atoms with Gasteiger partial charge in [0.1, 0.15) is 5.78 Å². The van der Waals surface area contributed by atoms with Crippen LogP contribution in [0, 0.1) is 5.92 Å². The maximum Gasteiger partial charge on any atom is 0.232 e. The maximum atomic E-state index is 11.9. The van der Waals surface area contributed by atoms with Crippen LogP contribution in [0.5, 0.6) is 0 Å². The van der Waals surface area contributed by atoms with Crippen LogP contribution in [-0.4, -0.2) is 17.7 Å². The number of para-hydroxylation sites is 1. The lowest BCUT2D eigenvalue weighted by Gasteiger charge is -2.45. The van der Waals surface area contributed by atoms with Crippen molar-refractivity contribution in [3.63, 3.8) is 0 Å². The predicted molar refractivity (Wildman–Crippen MR) is 62.2 cm³/mol. The highest BCUT2D eigenvalue weighted by Gasteiger charge is 2.45. The van der Waals surface area contributed by atoms with Gasteiger partial charge in [-0.2, -0.15) is 0 Å². The van der Waals surface area contributed by atoms with Crippen molar-refractivity contribution in [2.75, 3.05) is 4.90 Å². The number of nitrogens with zero attached hydrogens (tertiary/aromatic N) is 1. The fraction of sp³-hybridized carbons (Fsp3) is 0.385. The van der Waals surface area contributed by atoms with Crippen molar-refractivity contribution in [3.05, 3.63) is 30.3 Å². The van der Waals surface area contributed by atoms with Crippen LogP contribution in [0.25, 0.3) is 0 Å². The van der Waals surface area contributed by atoms with E-state index in [4.69, 9.17) is 0 Å². The Balaban J connectivity index is 2.12. The van der Waals surface area contributed by atoms with E-state index in [-0.39, 0.29) is 23.7 Å². The fourth-order valence-electron chi connectivity index (χ4n) is 2.20. The number of rotatable bonds is 3. The van der Waals surface area contributed by atoms with Gasteiger partial charge < -0.3 is 9.69 Å². The topological polar surface area (TPSA) is 37.4 Å². The van der Waals surface area contributed by atoms with E-state index in [0.717, 1.165) is 5.69 Å². The van der Waals surface area contributed by atoms with E-state index < -0.39 is 0 Å². The highest BCUT2D eigenvalue weighted by molar-refractivity contribution is 6.04. The third-order valence-electron chi connectivity index (χ3n) is 3.09. The molecule has 1 heterocycles. The number of hydrogen-bond acceptors (Lipinski definition) is 2. The van der Waals surface area contributed by atoms with Crippen LogP contribution in [0.3, 0.4) is 0 Å². The van der Waals surface area contributed by atoms with Crippen molar-refractivity contribution in [3.8, 4) is 0 Å². The Bertz CT molecular complexity index is 413. The second-order valence-electron chi connectivity index (χ2n) is 4.30. The summed E-state index contributed by atoms with van der Waals surface area (Å²) in [7, 11) is 0. The van der Waals surface area contributed by atoms with Crippen LogP contribution in [0.1, 0.15) is 20.3 Å². The molecule has 0 bridgehead atoms. The number of Topliss-reactive ketones (excluding diaryl/α,β-unsaturated/α-hetero) is 1. The van der Waals surface area contributed by atoms with Gasteiger partial charge in [-0.1, -0.05) is 18.2 Å². The van der Waals surface area contributed by atoms with Crippen LogP contribution >= 0.6 is 0 Å². The van der Waals surface area contributed by atoms with Gasteiger partial charge in [-0.3, -0.25) is 4.79 Å². The summed E-state index contributed by atoms with van der Waals surface area (Å²) in [5.41, 5.74) is 0.916. The van der Waals surface area contributed by atoms with Crippen molar-refractivity contribution >= 4 is 17.4 Å². The number of ketones is 1. The number of hydrogen-bond donors (Lipinski definition) is 0. The zero-order valence-electron chi connectivity index (χ0n) is 9.51. The molecule has 1 saturated heterocycles. The molecule has 1 aliphatic heterocycles. The Kier molecular flexibility index (Phi) is 2.77. The lowest BCUT2D eigenvalue weighted by molar-refractivity contribution is -0.133. The van der Waals surface area contributed by atoms with Gasteiger partial charge in [0.2, 0.25) is 5.91 Å². The number of benzene rings is 1. The Morgan fingerprint density at radius 1 is 1.31 bits per heavy atom. The van der Waals surface area contributed by atoms with Gasteiger partial charge in [-0.15, -0.1) is 0 Å². The molecule has 3 heteroatoms. The normalized spacial score (nSPS) is 24.1. The molecule has 1 fully saturated rings. The summed E-state index contributed by atoms with van der Waals surface area (Å²) in [4.78, 5) is 24.6. The summed E-state index contributed by atoms with van der Waals surface area (Å²) in [6.07, 6.45) is 0.364. The molecule has 0 saturated carbocycles. The molecular formula is C13H15NO2. The van der Waals surface area contributed by atoms with Gasteiger partial charge in [0.15, 0.2) is 0 Å². The van der Waals surface area contributed by atoms with Crippen molar-refractivity contribution in [1.82, 2.24) is 0 Å².